The van der Waals surface area contributed by atoms with Gasteiger partial charge in [0.2, 0.25) is 0 Å². The fourth-order valence-electron chi connectivity index (χ4n) is 1.20. The topological polar surface area (TPSA) is 52.3 Å². The van der Waals surface area contributed by atoms with E-state index < -0.39 is 6.04 Å². The van der Waals surface area contributed by atoms with Gasteiger partial charge in [-0.15, -0.1) is 0 Å². The van der Waals surface area contributed by atoms with E-state index in [4.69, 9.17) is 10.5 Å². The van der Waals surface area contributed by atoms with Crippen LogP contribution in [0.5, 0.6) is 5.75 Å². The maximum absolute atomic E-state index is 11.5. The number of hydrogen-bond donors (Lipinski definition) is 1. The van der Waals surface area contributed by atoms with Gasteiger partial charge in [-0.3, -0.25) is 4.79 Å². The lowest BCUT2D eigenvalue weighted by molar-refractivity contribution is 0.0968. The molecule has 0 aliphatic rings. The van der Waals surface area contributed by atoms with Crippen molar-refractivity contribution in [1.82, 2.24) is 0 Å². The number of benzene rings is 1. The lowest BCUT2D eigenvalue weighted by Crippen LogP contribution is -2.26. The Balaban J connectivity index is 2.68. The highest BCUT2D eigenvalue weighted by Gasteiger charge is 2.09. The molecule has 1 aromatic carbocycles. The third-order valence-corrected chi connectivity index (χ3v) is 2.03. The number of carbonyl (C=O) groups excluding carboxylic acids is 1. The molecule has 0 spiro atoms. The van der Waals surface area contributed by atoms with E-state index in [1.165, 1.54) is 0 Å². The lowest BCUT2D eigenvalue weighted by Gasteiger charge is -2.06. The Labute approximate surface area is 90.2 Å². The summed E-state index contributed by atoms with van der Waals surface area (Å²) in [6, 6.07) is 6.64. The molecule has 1 aromatic rings. The maximum Gasteiger partial charge on any atom is 0.179 e. The predicted octanol–water partition coefficient (Wildman–Crippen LogP) is 2.01. The van der Waals surface area contributed by atoms with Crippen LogP contribution in [-0.4, -0.2) is 18.4 Å². The normalized spacial score (nSPS) is 12.2. The molecule has 0 bridgehead atoms. The third-order valence-electron chi connectivity index (χ3n) is 2.03. The van der Waals surface area contributed by atoms with Crippen molar-refractivity contribution >= 4 is 5.78 Å². The molecule has 82 valence electrons. The van der Waals surface area contributed by atoms with Gasteiger partial charge in [0.05, 0.1) is 12.6 Å². The summed E-state index contributed by atoms with van der Waals surface area (Å²) in [6.07, 6.45) is 0.973. The van der Waals surface area contributed by atoms with E-state index in [1.54, 1.807) is 31.2 Å². The van der Waals surface area contributed by atoms with Crippen LogP contribution in [-0.2, 0) is 0 Å². The molecule has 1 rings (SSSR count). The Morgan fingerprint density at radius 3 is 2.47 bits per heavy atom. The van der Waals surface area contributed by atoms with Crippen LogP contribution in [0.25, 0.3) is 0 Å². The molecule has 1 atom stereocenters. The van der Waals surface area contributed by atoms with Gasteiger partial charge in [-0.05, 0) is 37.6 Å². The van der Waals surface area contributed by atoms with Crippen molar-refractivity contribution in [2.24, 2.45) is 5.73 Å². The first kappa shape index (κ1) is 11.7. The first-order valence-electron chi connectivity index (χ1n) is 5.17. The van der Waals surface area contributed by atoms with Gasteiger partial charge in [0.25, 0.3) is 0 Å². The summed E-state index contributed by atoms with van der Waals surface area (Å²) in [6.45, 7) is 4.43. The van der Waals surface area contributed by atoms with Gasteiger partial charge in [-0.1, -0.05) is 6.92 Å². The molecule has 0 saturated heterocycles. The SMILES string of the molecule is CCCOc1ccc(C(=O)C(C)N)cc1. The highest BCUT2D eigenvalue weighted by Crippen LogP contribution is 2.13. The van der Waals surface area contributed by atoms with Crippen molar-refractivity contribution in [1.29, 1.82) is 0 Å². The number of rotatable bonds is 5. The van der Waals surface area contributed by atoms with Crippen molar-refractivity contribution in [2.45, 2.75) is 26.3 Å². The molecule has 3 nitrogen and oxygen atoms in total. The Kier molecular flexibility index (Phi) is 4.31. The molecule has 0 heterocycles. The molecule has 0 aromatic heterocycles. The molecule has 0 fully saturated rings. The molecule has 0 radical (unpaired) electrons. The first-order chi connectivity index (χ1) is 7.15. The van der Waals surface area contributed by atoms with Crippen LogP contribution in [0.2, 0.25) is 0 Å². The summed E-state index contributed by atoms with van der Waals surface area (Å²) in [5.74, 6) is 0.745. The van der Waals surface area contributed by atoms with Gasteiger partial charge in [0, 0.05) is 5.56 Å². The van der Waals surface area contributed by atoms with Crippen LogP contribution in [0, 0.1) is 0 Å². The van der Waals surface area contributed by atoms with Gasteiger partial charge in [0.1, 0.15) is 5.75 Å². The lowest BCUT2D eigenvalue weighted by atomic mass is 10.1. The Morgan fingerprint density at radius 2 is 2.00 bits per heavy atom. The number of ketones is 1. The number of carbonyl (C=O) groups is 1. The average molecular weight is 207 g/mol. The highest BCUT2D eigenvalue weighted by atomic mass is 16.5. The number of hydrogen-bond acceptors (Lipinski definition) is 3. The fourth-order valence-corrected chi connectivity index (χ4v) is 1.20. The number of nitrogens with two attached hydrogens (primary N) is 1. The van der Waals surface area contributed by atoms with Crippen molar-refractivity contribution < 1.29 is 9.53 Å². The average Bonchev–Trinajstić information content (AvgIpc) is 2.26. The van der Waals surface area contributed by atoms with Crippen LogP contribution in [0.4, 0.5) is 0 Å². The number of ether oxygens (including phenoxy) is 1. The minimum atomic E-state index is -0.451. The fraction of sp³-hybridized carbons (Fsp3) is 0.417. The molecule has 0 amide bonds. The van der Waals surface area contributed by atoms with Gasteiger partial charge in [-0.25, -0.2) is 0 Å². The second-order valence-electron chi connectivity index (χ2n) is 3.53. The summed E-state index contributed by atoms with van der Waals surface area (Å²) in [5, 5.41) is 0. The van der Waals surface area contributed by atoms with Crippen LogP contribution in [0.1, 0.15) is 30.6 Å². The van der Waals surface area contributed by atoms with Crippen LogP contribution < -0.4 is 10.5 Å². The van der Waals surface area contributed by atoms with E-state index in [2.05, 4.69) is 0 Å². The molecule has 15 heavy (non-hydrogen) atoms. The molecular formula is C12H17NO2. The zero-order valence-electron chi connectivity index (χ0n) is 9.19. The second kappa shape index (κ2) is 5.51. The monoisotopic (exact) mass is 207 g/mol. The van der Waals surface area contributed by atoms with Crippen LogP contribution in [0.3, 0.4) is 0 Å². The molecule has 1 unspecified atom stereocenters. The second-order valence-corrected chi connectivity index (χ2v) is 3.53. The van der Waals surface area contributed by atoms with E-state index in [-0.39, 0.29) is 5.78 Å². The van der Waals surface area contributed by atoms with E-state index in [0.717, 1.165) is 12.2 Å². The standard InChI is InChI=1S/C12H17NO2/c1-3-8-15-11-6-4-10(5-7-11)12(14)9(2)13/h4-7,9H,3,8,13H2,1-2H3. The van der Waals surface area contributed by atoms with Crippen LogP contribution >= 0.6 is 0 Å². The van der Waals surface area contributed by atoms with E-state index >= 15 is 0 Å². The maximum atomic E-state index is 11.5. The Morgan fingerprint density at radius 1 is 1.40 bits per heavy atom. The Bertz CT molecular complexity index is 317. The molecule has 0 aliphatic carbocycles. The largest absolute Gasteiger partial charge is 0.494 e. The van der Waals surface area contributed by atoms with Gasteiger partial charge in [-0.2, -0.15) is 0 Å². The van der Waals surface area contributed by atoms with Crippen molar-refractivity contribution in [2.75, 3.05) is 6.61 Å². The van der Waals surface area contributed by atoms with Crippen LogP contribution in [0.15, 0.2) is 24.3 Å². The minimum absolute atomic E-state index is 0.0444. The van der Waals surface area contributed by atoms with Gasteiger partial charge >= 0.3 is 0 Å². The van der Waals surface area contributed by atoms with Crippen molar-refractivity contribution in [3.8, 4) is 5.75 Å². The summed E-state index contributed by atoms with van der Waals surface area (Å²) in [5.41, 5.74) is 6.14. The summed E-state index contributed by atoms with van der Waals surface area (Å²) in [7, 11) is 0. The van der Waals surface area contributed by atoms with Crippen molar-refractivity contribution in [3.63, 3.8) is 0 Å². The van der Waals surface area contributed by atoms with Crippen molar-refractivity contribution in [3.05, 3.63) is 29.8 Å². The summed E-state index contributed by atoms with van der Waals surface area (Å²) < 4.78 is 5.41. The highest BCUT2D eigenvalue weighted by molar-refractivity contribution is 5.99. The van der Waals surface area contributed by atoms with E-state index in [0.29, 0.717) is 12.2 Å². The van der Waals surface area contributed by atoms with Gasteiger partial charge in [0.15, 0.2) is 5.78 Å². The van der Waals surface area contributed by atoms with Gasteiger partial charge < -0.3 is 10.5 Å². The minimum Gasteiger partial charge on any atom is -0.494 e. The zero-order valence-corrected chi connectivity index (χ0v) is 9.19. The molecule has 0 aliphatic heterocycles. The molecular weight excluding hydrogens is 190 g/mol. The molecule has 0 saturated carbocycles. The molecule has 2 N–H and O–H groups in total. The quantitative estimate of drug-likeness (QED) is 0.751. The summed E-state index contributed by atoms with van der Waals surface area (Å²) >= 11 is 0. The van der Waals surface area contributed by atoms with E-state index in [9.17, 15) is 4.79 Å². The molecule has 3 heteroatoms. The first-order valence-corrected chi connectivity index (χ1v) is 5.17. The van der Waals surface area contributed by atoms with E-state index in [1.807, 2.05) is 6.92 Å². The predicted molar refractivity (Wildman–Crippen MR) is 60.2 cm³/mol. The summed E-state index contributed by atoms with van der Waals surface area (Å²) in [4.78, 5) is 11.5. The smallest absolute Gasteiger partial charge is 0.179 e. The Hall–Kier alpha value is -1.35. The number of Topliss-reactive ketones (excluding diaryl/α,β-unsaturated/α-hetero) is 1. The zero-order chi connectivity index (χ0) is 11.3. The third kappa shape index (κ3) is 3.36.